The molecule has 0 aliphatic carbocycles. The Morgan fingerprint density at radius 1 is 1.04 bits per heavy atom. The highest BCUT2D eigenvalue weighted by Crippen LogP contribution is 2.15. The van der Waals surface area contributed by atoms with Crippen molar-refractivity contribution in [1.29, 1.82) is 0 Å². The van der Waals surface area contributed by atoms with Gasteiger partial charge in [0.15, 0.2) is 11.3 Å². The minimum absolute atomic E-state index is 0.212. The SMILES string of the molecule is CCc1nc2nnc3c(=O)n(-c4ccccc4CC)ccc3n2n1. The second-order valence-corrected chi connectivity index (χ2v) is 5.50. The molecule has 0 aliphatic rings. The van der Waals surface area contributed by atoms with Gasteiger partial charge < -0.3 is 0 Å². The molecule has 7 heteroatoms. The van der Waals surface area contributed by atoms with Crippen molar-refractivity contribution in [2.45, 2.75) is 26.7 Å². The Balaban J connectivity index is 2.02. The van der Waals surface area contributed by atoms with E-state index in [1.54, 1.807) is 15.3 Å². The zero-order chi connectivity index (χ0) is 16.7. The summed E-state index contributed by atoms with van der Waals surface area (Å²) >= 11 is 0. The lowest BCUT2D eigenvalue weighted by molar-refractivity contribution is 0.881. The van der Waals surface area contributed by atoms with E-state index in [2.05, 4.69) is 27.2 Å². The predicted molar refractivity (Wildman–Crippen MR) is 90.4 cm³/mol. The van der Waals surface area contributed by atoms with Gasteiger partial charge in [0.25, 0.3) is 11.3 Å². The van der Waals surface area contributed by atoms with E-state index in [0.717, 1.165) is 17.7 Å². The van der Waals surface area contributed by atoms with E-state index in [0.29, 0.717) is 23.5 Å². The smallest absolute Gasteiger partial charge is 0.282 e. The van der Waals surface area contributed by atoms with Crippen molar-refractivity contribution in [3.63, 3.8) is 0 Å². The van der Waals surface area contributed by atoms with Gasteiger partial charge in [-0.05, 0) is 24.1 Å². The van der Waals surface area contributed by atoms with Crippen molar-refractivity contribution in [1.82, 2.24) is 29.4 Å². The highest BCUT2D eigenvalue weighted by Gasteiger charge is 2.13. The van der Waals surface area contributed by atoms with Crippen LogP contribution >= 0.6 is 0 Å². The molecule has 4 aromatic rings. The van der Waals surface area contributed by atoms with E-state index >= 15 is 0 Å². The summed E-state index contributed by atoms with van der Waals surface area (Å²) in [6, 6.07) is 9.68. The third-order valence-electron chi connectivity index (χ3n) is 4.10. The van der Waals surface area contributed by atoms with Crippen molar-refractivity contribution in [2.24, 2.45) is 0 Å². The Hall–Kier alpha value is -3.09. The van der Waals surface area contributed by atoms with Crippen LogP contribution in [0, 0.1) is 0 Å². The van der Waals surface area contributed by atoms with Gasteiger partial charge in [0.2, 0.25) is 0 Å². The van der Waals surface area contributed by atoms with Crippen molar-refractivity contribution in [3.8, 4) is 5.69 Å². The monoisotopic (exact) mass is 320 g/mol. The van der Waals surface area contributed by atoms with Crippen LogP contribution in [-0.2, 0) is 12.8 Å². The molecular formula is C17H16N6O. The van der Waals surface area contributed by atoms with Crippen LogP contribution in [0.2, 0.25) is 0 Å². The average molecular weight is 320 g/mol. The number of hydrogen-bond acceptors (Lipinski definition) is 5. The average Bonchev–Trinajstić information content (AvgIpc) is 3.06. The summed E-state index contributed by atoms with van der Waals surface area (Å²) in [6.07, 6.45) is 3.30. The topological polar surface area (TPSA) is 78.0 Å². The molecule has 0 radical (unpaired) electrons. The molecule has 0 N–H and O–H groups in total. The molecule has 0 aliphatic heterocycles. The van der Waals surface area contributed by atoms with Crippen molar-refractivity contribution < 1.29 is 0 Å². The van der Waals surface area contributed by atoms with E-state index in [-0.39, 0.29) is 11.1 Å². The van der Waals surface area contributed by atoms with Gasteiger partial charge in [-0.2, -0.15) is 9.50 Å². The third kappa shape index (κ3) is 2.09. The van der Waals surface area contributed by atoms with Crippen LogP contribution in [0.4, 0.5) is 0 Å². The number of aryl methyl sites for hydroxylation is 2. The highest BCUT2D eigenvalue weighted by molar-refractivity contribution is 5.74. The van der Waals surface area contributed by atoms with Crippen LogP contribution < -0.4 is 5.56 Å². The second-order valence-electron chi connectivity index (χ2n) is 5.50. The summed E-state index contributed by atoms with van der Waals surface area (Å²) in [4.78, 5) is 17.2. The van der Waals surface area contributed by atoms with E-state index < -0.39 is 0 Å². The first-order chi connectivity index (χ1) is 11.7. The Labute approximate surface area is 137 Å². The van der Waals surface area contributed by atoms with Crippen LogP contribution in [-0.4, -0.2) is 29.4 Å². The fourth-order valence-electron chi connectivity index (χ4n) is 2.83. The molecule has 24 heavy (non-hydrogen) atoms. The minimum atomic E-state index is -0.212. The molecule has 0 unspecified atom stereocenters. The summed E-state index contributed by atoms with van der Waals surface area (Å²) in [6.45, 7) is 4.04. The molecule has 7 nitrogen and oxygen atoms in total. The Morgan fingerprint density at radius 2 is 1.88 bits per heavy atom. The number of nitrogens with zero attached hydrogens (tertiary/aromatic N) is 6. The van der Waals surface area contributed by atoms with Crippen molar-refractivity contribution in [3.05, 3.63) is 58.3 Å². The van der Waals surface area contributed by atoms with Crippen LogP contribution in [0.5, 0.6) is 0 Å². The van der Waals surface area contributed by atoms with E-state index in [1.165, 1.54) is 0 Å². The molecule has 0 fully saturated rings. The number of hydrogen-bond donors (Lipinski definition) is 0. The van der Waals surface area contributed by atoms with Gasteiger partial charge in [0, 0.05) is 12.6 Å². The van der Waals surface area contributed by atoms with Crippen LogP contribution in [0.1, 0.15) is 25.2 Å². The van der Waals surface area contributed by atoms with Crippen LogP contribution in [0.25, 0.3) is 22.5 Å². The molecule has 4 rings (SSSR count). The lowest BCUT2D eigenvalue weighted by Gasteiger charge is -2.11. The molecule has 3 heterocycles. The summed E-state index contributed by atoms with van der Waals surface area (Å²) < 4.78 is 3.19. The van der Waals surface area contributed by atoms with Gasteiger partial charge in [-0.15, -0.1) is 15.3 Å². The maximum Gasteiger partial charge on any atom is 0.285 e. The molecule has 0 saturated heterocycles. The molecule has 0 spiro atoms. The van der Waals surface area contributed by atoms with Crippen LogP contribution in [0.15, 0.2) is 41.3 Å². The Bertz CT molecular complexity index is 1110. The van der Waals surface area contributed by atoms with Gasteiger partial charge in [-0.1, -0.05) is 32.0 Å². The summed E-state index contributed by atoms with van der Waals surface area (Å²) in [5.41, 5.74) is 2.64. The Morgan fingerprint density at radius 3 is 2.67 bits per heavy atom. The molecule has 1 aromatic carbocycles. The highest BCUT2D eigenvalue weighted by atomic mass is 16.1. The Kier molecular flexibility index (Phi) is 3.34. The van der Waals surface area contributed by atoms with Crippen LogP contribution in [0.3, 0.4) is 0 Å². The molecule has 0 saturated carbocycles. The minimum Gasteiger partial charge on any atom is -0.282 e. The lowest BCUT2D eigenvalue weighted by Crippen LogP contribution is -2.21. The van der Waals surface area contributed by atoms with Crippen molar-refractivity contribution in [2.75, 3.05) is 0 Å². The third-order valence-corrected chi connectivity index (χ3v) is 4.10. The van der Waals surface area contributed by atoms with Gasteiger partial charge in [-0.3, -0.25) is 9.36 Å². The summed E-state index contributed by atoms with van der Waals surface area (Å²) in [5, 5.41) is 12.5. The van der Waals surface area contributed by atoms with Gasteiger partial charge in [0.05, 0.1) is 5.69 Å². The van der Waals surface area contributed by atoms with E-state index in [1.807, 2.05) is 37.3 Å². The van der Waals surface area contributed by atoms with Gasteiger partial charge in [0.1, 0.15) is 5.52 Å². The molecule has 0 amide bonds. The standard InChI is InChI=1S/C17H16N6O/c1-3-11-7-5-6-8-12(11)22-10-9-13-15(16(22)24)19-20-17-18-14(4-2)21-23(13)17/h5-10H,3-4H2,1-2H3. The van der Waals surface area contributed by atoms with Gasteiger partial charge >= 0.3 is 0 Å². The maximum atomic E-state index is 12.9. The van der Waals surface area contributed by atoms with Crippen molar-refractivity contribution >= 4 is 16.8 Å². The molecule has 0 atom stereocenters. The quantitative estimate of drug-likeness (QED) is 0.576. The number of benzene rings is 1. The first-order valence-corrected chi connectivity index (χ1v) is 7.95. The largest absolute Gasteiger partial charge is 0.285 e. The maximum absolute atomic E-state index is 12.9. The number of rotatable bonds is 3. The number of aromatic nitrogens is 6. The normalized spacial score (nSPS) is 11.4. The molecule has 3 aromatic heterocycles. The zero-order valence-electron chi connectivity index (χ0n) is 13.5. The summed E-state index contributed by atoms with van der Waals surface area (Å²) in [7, 11) is 0. The molecular weight excluding hydrogens is 304 g/mol. The fourth-order valence-corrected chi connectivity index (χ4v) is 2.83. The lowest BCUT2D eigenvalue weighted by atomic mass is 10.1. The number of para-hydroxylation sites is 1. The van der Waals surface area contributed by atoms with E-state index in [4.69, 9.17) is 0 Å². The molecule has 0 bridgehead atoms. The number of fused-ring (bicyclic) bond motifs is 3. The molecule has 120 valence electrons. The fraction of sp³-hybridized carbons (Fsp3) is 0.235. The zero-order valence-corrected chi connectivity index (χ0v) is 13.5. The first-order valence-electron chi connectivity index (χ1n) is 7.95. The summed E-state index contributed by atoms with van der Waals surface area (Å²) in [5.74, 6) is 1.09. The van der Waals surface area contributed by atoms with Gasteiger partial charge in [-0.25, -0.2) is 0 Å². The number of pyridine rings is 1. The van der Waals surface area contributed by atoms with E-state index in [9.17, 15) is 4.79 Å². The predicted octanol–water partition coefficient (Wildman–Crippen LogP) is 1.95. The first kappa shape index (κ1) is 14.5. The second kappa shape index (κ2) is 5.52.